The van der Waals surface area contributed by atoms with Crippen LogP contribution in [0, 0.1) is 0 Å². The summed E-state index contributed by atoms with van der Waals surface area (Å²) in [4.78, 5) is 26.5. The van der Waals surface area contributed by atoms with Crippen LogP contribution in [0.2, 0.25) is 0 Å². The van der Waals surface area contributed by atoms with Crippen molar-refractivity contribution in [2.24, 2.45) is 5.73 Å². The molecule has 2 amide bonds. The normalized spacial score (nSPS) is 14.3. The third-order valence-electron chi connectivity index (χ3n) is 6.15. The Kier molecular flexibility index (Phi) is 10.3. The summed E-state index contributed by atoms with van der Waals surface area (Å²) in [5.41, 5.74) is 9.68. The highest BCUT2D eigenvalue weighted by atomic mass is 19.3. The van der Waals surface area contributed by atoms with Gasteiger partial charge < -0.3 is 16.4 Å². The van der Waals surface area contributed by atoms with Gasteiger partial charge in [0.2, 0.25) is 11.8 Å². The van der Waals surface area contributed by atoms with E-state index in [0.29, 0.717) is 23.0 Å². The summed E-state index contributed by atoms with van der Waals surface area (Å²) in [7, 11) is 0. The molecular formula is C29H34F2N4O2. The highest BCUT2D eigenvalue weighted by Crippen LogP contribution is 2.33. The molecular weight excluding hydrogens is 474 g/mol. The quantitative estimate of drug-likeness (QED) is 0.375. The average Bonchev–Trinajstić information content (AvgIpc) is 2.89. The molecule has 37 heavy (non-hydrogen) atoms. The number of rotatable bonds is 6. The minimum atomic E-state index is -2.62. The molecule has 196 valence electrons. The third-order valence-corrected chi connectivity index (χ3v) is 6.15. The first-order valence-electron chi connectivity index (χ1n) is 12.5. The van der Waals surface area contributed by atoms with Gasteiger partial charge in [0.25, 0.3) is 6.43 Å². The van der Waals surface area contributed by atoms with E-state index in [1.807, 2.05) is 36.4 Å². The number of carbonyl (C=O) groups excluding carboxylic acids is 2. The maximum absolute atomic E-state index is 12.8. The van der Waals surface area contributed by atoms with Crippen molar-refractivity contribution >= 4 is 17.5 Å². The zero-order valence-corrected chi connectivity index (χ0v) is 21.2. The number of alkyl halides is 2. The van der Waals surface area contributed by atoms with Crippen LogP contribution < -0.4 is 16.4 Å². The molecule has 1 saturated carbocycles. The van der Waals surface area contributed by atoms with Gasteiger partial charge in [-0.05, 0) is 30.0 Å². The topological polar surface area (TPSA) is 97.1 Å². The fourth-order valence-corrected chi connectivity index (χ4v) is 4.35. The number of anilines is 1. The lowest BCUT2D eigenvalue weighted by molar-refractivity contribution is -0.120. The molecule has 1 unspecified atom stereocenters. The number of amides is 2. The first-order chi connectivity index (χ1) is 17.7. The second-order valence-electron chi connectivity index (χ2n) is 9.19. The second kappa shape index (κ2) is 13.6. The molecule has 1 heterocycles. The number of nitrogens with zero attached hydrogens (tertiary/aromatic N) is 1. The molecule has 3 aromatic rings. The molecule has 1 atom stereocenters. The lowest BCUT2D eigenvalue weighted by Crippen LogP contribution is -2.34. The lowest BCUT2D eigenvalue weighted by Gasteiger charge is -2.21. The van der Waals surface area contributed by atoms with Gasteiger partial charge in [0.1, 0.15) is 0 Å². The highest BCUT2D eigenvalue weighted by Gasteiger charge is 2.18. The largest absolute Gasteiger partial charge is 0.354 e. The number of nitrogens with one attached hydrogen (secondary N) is 2. The van der Waals surface area contributed by atoms with Gasteiger partial charge in [-0.1, -0.05) is 73.9 Å². The van der Waals surface area contributed by atoms with Crippen LogP contribution >= 0.6 is 0 Å². The summed E-state index contributed by atoms with van der Waals surface area (Å²) in [6, 6.07) is 17.3. The smallest absolute Gasteiger partial charge is 0.257 e. The molecule has 0 spiro atoms. The van der Waals surface area contributed by atoms with Gasteiger partial charge in [-0.3, -0.25) is 14.6 Å². The first kappa shape index (κ1) is 27.9. The third kappa shape index (κ3) is 8.46. The summed E-state index contributed by atoms with van der Waals surface area (Å²) in [5.74, 6) is -0.0687. The van der Waals surface area contributed by atoms with Gasteiger partial charge in [0, 0.05) is 31.0 Å². The Balaban J connectivity index is 0.000000319. The van der Waals surface area contributed by atoms with Crippen molar-refractivity contribution in [1.82, 2.24) is 10.3 Å². The van der Waals surface area contributed by atoms with Crippen LogP contribution in [0.25, 0.3) is 22.4 Å². The summed E-state index contributed by atoms with van der Waals surface area (Å²) < 4.78 is 25.6. The number of aromatic nitrogens is 1. The van der Waals surface area contributed by atoms with E-state index < -0.39 is 12.5 Å². The van der Waals surface area contributed by atoms with Crippen molar-refractivity contribution in [3.05, 3.63) is 72.4 Å². The van der Waals surface area contributed by atoms with E-state index in [2.05, 4.69) is 15.6 Å². The molecule has 1 aliphatic carbocycles. The van der Waals surface area contributed by atoms with E-state index in [4.69, 9.17) is 5.73 Å². The maximum atomic E-state index is 12.8. The molecule has 2 aromatic carbocycles. The molecule has 4 rings (SSSR count). The van der Waals surface area contributed by atoms with Crippen LogP contribution in [0.4, 0.5) is 14.5 Å². The monoisotopic (exact) mass is 508 g/mol. The Bertz CT molecular complexity index is 1160. The maximum Gasteiger partial charge on any atom is 0.257 e. The van der Waals surface area contributed by atoms with Crippen LogP contribution in [-0.4, -0.2) is 29.3 Å². The Morgan fingerprint density at radius 2 is 1.57 bits per heavy atom. The van der Waals surface area contributed by atoms with Crippen molar-refractivity contribution in [1.29, 1.82) is 0 Å². The van der Waals surface area contributed by atoms with Crippen LogP contribution in [0.1, 0.15) is 57.6 Å². The predicted octanol–water partition coefficient (Wildman–Crippen LogP) is 6.09. The van der Waals surface area contributed by atoms with Gasteiger partial charge in [0.05, 0.1) is 23.6 Å². The molecule has 8 heteroatoms. The molecule has 0 radical (unpaired) electrons. The van der Waals surface area contributed by atoms with Crippen molar-refractivity contribution in [3.8, 4) is 22.4 Å². The summed E-state index contributed by atoms with van der Waals surface area (Å²) >= 11 is 0. The predicted molar refractivity (Wildman–Crippen MR) is 143 cm³/mol. The molecule has 4 N–H and O–H groups in total. The van der Waals surface area contributed by atoms with Crippen LogP contribution in [-0.2, 0) is 9.59 Å². The molecule has 0 bridgehead atoms. The number of halogens is 2. The molecule has 1 fully saturated rings. The number of hydrogen-bond donors (Lipinski definition) is 3. The molecule has 6 nitrogen and oxygen atoms in total. The zero-order valence-electron chi connectivity index (χ0n) is 21.2. The van der Waals surface area contributed by atoms with Crippen molar-refractivity contribution in [2.45, 2.75) is 64.5 Å². The molecule has 0 aliphatic heterocycles. The molecule has 0 saturated heterocycles. The minimum absolute atomic E-state index is 0.118. The summed E-state index contributed by atoms with van der Waals surface area (Å²) in [6.07, 6.45) is 5.22. The van der Waals surface area contributed by atoms with E-state index in [1.165, 1.54) is 39.0 Å². The van der Waals surface area contributed by atoms with E-state index in [1.54, 1.807) is 37.4 Å². The van der Waals surface area contributed by atoms with E-state index in [0.717, 1.165) is 16.7 Å². The van der Waals surface area contributed by atoms with Crippen LogP contribution in [0.15, 0.2) is 66.9 Å². The Morgan fingerprint density at radius 3 is 2.14 bits per heavy atom. The van der Waals surface area contributed by atoms with Gasteiger partial charge in [0.15, 0.2) is 0 Å². The van der Waals surface area contributed by atoms with Gasteiger partial charge in [-0.15, -0.1) is 0 Å². The van der Waals surface area contributed by atoms with Crippen molar-refractivity contribution in [3.63, 3.8) is 0 Å². The number of carbonyl (C=O) groups is 2. The summed E-state index contributed by atoms with van der Waals surface area (Å²) in [6.45, 7) is 3.02. The van der Waals surface area contributed by atoms with E-state index in [9.17, 15) is 18.4 Å². The molecule has 1 aromatic heterocycles. The van der Waals surface area contributed by atoms with Crippen LogP contribution in [0.5, 0.6) is 0 Å². The zero-order chi connectivity index (χ0) is 26.8. The average molecular weight is 509 g/mol. The standard InChI is InChI=1S/C21H19F2N3O.C8H15NO/c1-13(27)26-17-11-18(14-5-3-2-4-6-14)20(25-12-17)16-9-7-15(8-10-16)19(24)21(22)23;1-7(10)9-8-5-3-2-4-6-8/h2-12,19,21H,24H2,1H3,(H,26,27);8H,2-6H2,1H3,(H,9,10). The highest BCUT2D eigenvalue weighted by molar-refractivity contribution is 5.91. The Morgan fingerprint density at radius 1 is 0.919 bits per heavy atom. The van der Waals surface area contributed by atoms with Gasteiger partial charge in [-0.25, -0.2) is 8.78 Å². The number of nitrogens with two attached hydrogens (primary N) is 1. The first-order valence-corrected chi connectivity index (χ1v) is 12.5. The lowest BCUT2D eigenvalue weighted by atomic mass is 9.95. The summed E-state index contributed by atoms with van der Waals surface area (Å²) in [5, 5.41) is 5.67. The SMILES string of the molecule is CC(=O)NC1CCCCC1.CC(=O)Nc1cnc(-c2ccc(C(N)C(F)F)cc2)c(-c2ccccc2)c1. The number of benzene rings is 2. The fourth-order valence-electron chi connectivity index (χ4n) is 4.35. The second-order valence-corrected chi connectivity index (χ2v) is 9.19. The van der Waals surface area contributed by atoms with Crippen LogP contribution in [0.3, 0.4) is 0 Å². The van der Waals surface area contributed by atoms with E-state index >= 15 is 0 Å². The fraction of sp³-hybridized carbons (Fsp3) is 0.345. The van der Waals surface area contributed by atoms with E-state index in [-0.39, 0.29) is 11.8 Å². The van der Waals surface area contributed by atoms with Gasteiger partial charge >= 0.3 is 0 Å². The number of hydrogen-bond acceptors (Lipinski definition) is 4. The van der Waals surface area contributed by atoms with Crippen molar-refractivity contribution < 1.29 is 18.4 Å². The van der Waals surface area contributed by atoms with Crippen molar-refractivity contribution in [2.75, 3.05) is 5.32 Å². The van der Waals surface area contributed by atoms with Gasteiger partial charge in [-0.2, -0.15) is 0 Å². The Hall–Kier alpha value is -3.65. The number of pyridine rings is 1. The Labute approximate surface area is 216 Å². The molecule has 1 aliphatic rings. The minimum Gasteiger partial charge on any atom is -0.354 e.